The van der Waals surface area contributed by atoms with E-state index in [1.54, 1.807) is 23.1 Å². The van der Waals surface area contributed by atoms with Gasteiger partial charge in [-0.3, -0.25) is 9.59 Å². The number of likely N-dealkylation sites (tertiary alicyclic amines) is 1. The highest BCUT2D eigenvalue weighted by Gasteiger charge is 2.35. The van der Waals surface area contributed by atoms with Crippen LogP contribution in [0.5, 0.6) is 11.5 Å². The SMILES string of the molecule is Cl.O=C(NC1CCCNC1)C1CCCN1C(=O)c1ccc2c(c1)OCO2. The maximum absolute atomic E-state index is 12.9. The molecule has 26 heavy (non-hydrogen) atoms. The number of amides is 2. The second-order valence-electron chi connectivity index (χ2n) is 6.78. The highest BCUT2D eigenvalue weighted by molar-refractivity contribution is 5.98. The van der Waals surface area contributed by atoms with E-state index in [0.717, 1.165) is 32.4 Å². The van der Waals surface area contributed by atoms with Crippen molar-refractivity contribution in [3.8, 4) is 11.5 Å². The Kier molecular flexibility index (Phi) is 5.88. The topological polar surface area (TPSA) is 79.9 Å². The first-order valence-corrected chi connectivity index (χ1v) is 8.94. The first-order valence-electron chi connectivity index (χ1n) is 8.94. The molecule has 0 saturated carbocycles. The molecule has 3 heterocycles. The molecule has 1 aromatic rings. The minimum atomic E-state index is -0.389. The molecule has 2 saturated heterocycles. The lowest BCUT2D eigenvalue weighted by Gasteiger charge is -2.28. The van der Waals surface area contributed by atoms with Gasteiger partial charge in [0.05, 0.1) is 0 Å². The van der Waals surface area contributed by atoms with E-state index >= 15 is 0 Å². The first kappa shape index (κ1) is 18.8. The summed E-state index contributed by atoms with van der Waals surface area (Å²) >= 11 is 0. The number of nitrogens with zero attached hydrogens (tertiary/aromatic N) is 1. The van der Waals surface area contributed by atoms with Crippen LogP contribution in [0.3, 0.4) is 0 Å². The van der Waals surface area contributed by atoms with E-state index in [4.69, 9.17) is 9.47 Å². The summed E-state index contributed by atoms with van der Waals surface area (Å²) < 4.78 is 10.6. The Morgan fingerprint density at radius 3 is 2.81 bits per heavy atom. The number of piperidine rings is 1. The number of hydrogen-bond acceptors (Lipinski definition) is 5. The van der Waals surface area contributed by atoms with Crippen LogP contribution in [0.4, 0.5) is 0 Å². The van der Waals surface area contributed by atoms with Crippen molar-refractivity contribution >= 4 is 24.2 Å². The molecule has 3 aliphatic rings. The fraction of sp³-hybridized carbons (Fsp3) is 0.556. The zero-order valence-electron chi connectivity index (χ0n) is 14.5. The molecule has 7 nitrogen and oxygen atoms in total. The number of benzene rings is 1. The van der Waals surface area contributed by atoms with Gasteiger partial charge < -0.3 is 25.0 Å². The Balaban J connectivity index is 0.00000196. The van der Waals surface area contributed by atoms with Crippen molar-refractivity contribution in [1.82, 2.24) is 15.5 Å². The fourth-order valence-electron chi connectivity index (χ4n) is 3.75. The fourth-order valence-corrected chi connectivity index (χ4v) is 3.75. The normalized spacial score (nSPS) is 24.1. The van der Waals surface area contributed by atoms with E-state index < -0.39 is 0 Å². The van der Waals surface area contributed by atoms with Crippen molar-refractivity contribution in [3.05, 3.63) is 23.8 Å². The molecular formula is C18H24ClN3O4. The smallest absolute Gasteiger partial charge is 0.254 e. The third kappa shape index (κ3) is 3.73. The molecule has 2 fully saturated rings. The summed E-state index contributed by atoms with van der Waals surface area (Å²) in [7, 11) is 0. The number of fused-ring (bicyclic) bond motifs is 1. The lowest BCUT2D eigenvalue weighted by molar-refractivity contribution is -0.125. The number of carbonyl (C=O) groups is 2. The van der Waals surface area contributed by atoms with Crippen molar-refractivity contribution in [2.24, 2.45) is 0 Å². The number of rotatable bonds is 3. The predicted molar refractivity (Wildman–Crippen MR) is 97.9 cm³/mol. The molecule has 2 atom stereocenters. The molecule has 3 aliphatic heterocycles. The zero-order chi connectivity index (χ0) is 17.2. The summed E-state index contributed by atoms with van der Waals surface area (Å²) in [5.41, 5.74) is 0.531. The molecule has 4 rings (SSSR count). The average Bonchev–Trinajstić information content (AvgIpc) is 3.30. The zero-order valence-corrected chi connectivity index (χ0v) is 15.3. The first-order chi connectivity index (χ1) is 12.2. The van der Waals surface area contributed by atoms with Gasteiger partial charge in [-0.05, 0) is 50.4 Å². The molecule has 2 unspecified atom stereocenters. The van der Waals surface area contributed by atoms with Crippen LogP contribution in [0, 0.1) is 0 Å². The summed E-state index contributed by atoms with van der Waals surface area (Å²) in [5.74, 6) is 1.06. The van der Waals surface area contributed by atoms with Crippen LogP contribution >= 0.6 is 12.4 Å². The van der Waals surface area contributed by atoms with Crippen LogP contribution in [-0.4, -0.2) is 55.2 Å². The van der Waals surface area contributed by atoms with E-state index in [-0.39, 0.29) is 43.1 Å². The predicted octanol–water partition coefficient (Wildman–Crippen LogP) is 1.31. The second kappa shape index (κ2) is 8.14. The van der Waals surface area contributed by atoms with Crippen LogP contribution in [0.1, 0.15) is 36.0 Å². The van der Waals surface area contributed by atoms with Crippen LogP contribution in [0.25, 0.3) is 0 Å². The number of carbonyl (C=O) groups excluding carboxylic acids is 2. The summed E-state index contributed by atoms with van der Waals surface area (Å²) in [6.45, 7) is 2.59. The molecule has 1 aromatic carbocycles. The minimum Gasteiger partial charge on any atom is -0.454 e. The highest BCUT2D eigenvalue weighted by Crippen LogP contribution is 2.33. The Labute approximate surface area is 158 Å². The lowest BCUT2D eigenvalue weighted by Crippen LogP contribution is -2.52. The summed E-state index contributed by atoms with van der Waals surface area (Å²) in [6, 6.07) is 4.94. The summed E-state index contributed by atoms with van der Waals surface area (Å²) in [4.78, 5) is 27.2. The largest absolute Gasteiger partial charge is 0.454 e. The van der Waals surface area contributed by atoms with Gasteiger partial charge in [0.2, 0.25) is 12.7 Å². The number of ether oxygens (including phenoxy) is 2. The molecule has 142 valence electrons. The third-order valence-corrected chi connectivity index (χ3v) is 5.08. The van der Waals surface area contributed by atoms with Crippen molar-refractivity contribution in [2.75, 3.05) is 26.4 Å². The van der Waals surface area contributed by atoms with Gasteiger partial charge in [-0.25, -0.2) is 0 Å². The van der Waals surface area contributed by atoms with Gasteiger partial charge in [0.1, 0.15) is 6.04 Å². The van der Waals surface area contributed by atoms with E-state index in [1.807, 2.05) is 0 Å². The van der Waals surface area contributed by atoms with Crippen LogP contribution in [0.15, 0.2) is 18.2 Å². The van der Waals surface area contributed by atoms with Crippen LogP contribution in [0.2, 0.25) is 0 Å². The highest BCUT2D eigenvalue weighted by atomic mass is 35.5. The maximum atomic E-state index is 12.9. The van der Waals surface area contributed by atoms with E-state index in [0.29, 0.717) is 30.0 Å². The molecule has 0 radical (unpaired) electrons. The Morgan fingerprint density at radius 1 is 1.15 bits per heavy atom. The van der Waals surface area contributed by atoms with Crippen molar-refractivity contribution in [3.63, 3.8) is 0 Å². The minimum absolute atomic E-state index is 0. The standard InChI is InChI=1S/C18H23N3O4.ClH/c22-17(20-13-3-1-7-19-10-13)14-4-2-8-21(14)18(23)12-5-6-15-16(9-12)25-11-24-15;/h5-6,9,13-14,19H,1-4,7-8,10-11H2,(H,20,22);1H. The number of hydrogen-bond donors (Lipinski definition) is 2. The monoisotopic (exact) mass is 381 g/mol. The number of halogens is 1. The van der Waals surface area contributed by atoms with E-state index in [1.165, 1.54) is 0 Å². The van der Waals surface area contributed by atoms with Crippen molar-refractivity contribution in [1.29, 1.82) is 0 Å². The van der Waals surface area contributed by atoms with Gasteiger partial charge in [-0.15, -0.1) is 12.4 Å². The molecule has 0 bridgehead atoms. The summed E-state index contributed by atoms with van der Waals surface area (Å²) in [6.07, 6.45) is 3.61. The van der Waals surface area contributed by atoms with E-state index in [9.17, 15) is 9.59 Å². The lowest BCUT2D eigenvalue weighted by atomic mass is 10.1. The van der Waals surface area contributed by atoms with Gasteiger partial charge >= 0.3 is 0 Å². The molecule has 2 amide bonds. The second-order valence-corrected chi connectivity index (χ2v) is 6.78. The quantitative estimate of drug-likeness (QED) is 0.825. The molecule has 0 aromatic heterocycles. The van der Waals surface area contributed by atoms with Crippen molar-refractivity contribution in [2.45, 2.75) is 37.8 Å². The maximum Gasteiger partial charge on any atom is 0.254 e. The van der Waals surface area contributed by atoms with Crippen LogP contribution < -0.4 is 20.1 Å². The Morgan fingerprint density at radius 2 is 2.00 bits per heavy atom. The molecule has 2 N–H and O–H groups in total. The van der Waals surface area contributed by atoms with Gasteiger partial charge in [-0.1, -0.05) is 0 Å². The van der Waals surface area contributed by atoms with Crippen LogP contribution in [-0.2, 0) is 4.79 Å². The third-order valence-electron chi connectivity index (χ3n) is 5.08. The van der Waals surface area contributed by atoms with Gasteiger partial charge in [-0.2, -0.15) is 0 Å². The average molecular weight is 382 g/mol. The Hall–Kier alpha value is -1.99. The van der Waals surface area contributed by atoms with Gasteiger partial charge in [0.25, 0.3) is 5.91 Å². The molecular weight excluding hydrogens is 358 g/mol. The van der Waals surface area contributed by atoms with Gasteiger partial charge in [0.15, 0.2) is 11.5 Å². The van der Waals surface area contributed by atoms with E-state index in [2.05, 4.69) is 10.6 Å². The molecule has 0 aliphatic carbocycles. The van der Waals surface area contributed by atoms with Gasteiger partial charge in [0, 0.05) is 24.7 Å². The molecule has 8 heteroatoms. The number of nitrogens with one attached hydrogen (secondary N) is 2. The Bertz CT molecular complexity index is 678. The molecule has 0 spiro atoms. The summed E-state index contributed by atoms with van der Waals surface area (Å²) in [5, 5.41) is 6.39. The van der Waals surface area contributed by atoms with Crippen molar-refractivity contribution < 1.29 is 19.1 Å².